The number of allylic oxidation sites excluding steroid dienone is 1. The van der Waals surface area contributed by atoms with Crippen LogP contribution in [0.25, 0.3) is 0 Å². The van der Waals surface area contributed by atoms with Crippen molar-refractivity contribution in [2.75, 3.05) is 13.2 Å². The van der Waals surface area contributed by atoms with Gasteiger partial charge in [0.15, 0.2) is 0 Å². The van der Waals surface area contributed by atoms with Gasteiger partial charge in [0.1, 0.15) is 0 Å². The highest BCUT2D eigenvalue weighted by molar-refractivity contribution is 5.98. The molecule has 0 radical (unpaired) electrons. The molecule has 2 aliphatic heterocycles. The Bertz CT molecular complexity index is 346. The molecule has 0 amide bonds. The number of alkyl halides is 3. The molecule has 2 rings (SSSR count). The largest absolute Gasteiger partial charge is 0.394 e. The van der Waals surface area contributed by atoms with Crippen LogP contribution in [0.3, 0.4) is 0 Å². The summed E-state index contributed by atoms with van der Waals surface area (Å²) >= 11 is 0. The molecule has 0 spiro atoms. The van der Waals surface area contributed by atoms with Crippen LogP contribution in [0, 0.1) is 5.92 Å². The maximum atomic E-state index is 12.2. The predicted molar refractivity (Wildman–Crippen MR) is 59.2 cm³/mol. The van der Waals surface area contributed by atoms with Crippen LogP contribution in [-0.4, -0.2) is 31.1 Å². The molecular weight excluding hydrogens is 231 g/mol. The van der Waals surface area contributed by atoms with E-state index in [9.17, 15) is 13.2 Å². The van der Waals surface area contributed by atoms with Crippen molar-refractivity contribution in [2.45, 2.75) is 38.5 Å². The fourth-order valence-corrected chi connectivity index (χ4v) is 2.23. The van der Waals surface area contributed by atoms with E-state index in [0.29, 0.717) is 19.1 Å². The third kappa shape index (κ3) is 3.56. The monoisotopic (exact) mass is 247 g/mol. The Balaban J connectivity index is 1.94. The Morgan fingerprint density at radius 1 is 1.47 bits per heavy atom. The standard InChI is InChI=1S/C12H16F3NO/c1-8-2-3-17-11(4-8)9-5-10(16-7-9)6-12(13,14)15/h5,8,11H,2-4,6-7H2,1H3. The normalized spacial score (nSPS) is 30.1. The van der Waals surface area contributed by atoms with Gasteiger partial charge in [0.05, 0.1) is 19.1 Å². The van der Waals surface area contributed by atoms with Crippen molar-refractivity contribution >= 4 is 5.71 Å². The second kappa shape index (κ2) is 4.80. The van der Waals surface area contributed by atoms with E-state index in [1.54, 1.807) is 6.08 Å². The van der Waals surface area contributed by atoms with Crippen molar-refractivity contribution in [3.8, 4) is 0 Å². The maximum absolute atomic E-state index is 12.2. The van der Waals surface area contributed by atoms with Crippen molar-refractivity contribution in [1.82, 2.24) is 0 Å². The molecule has 17 heavy (non-hydrogen) atoms. The molecule has 2 nitrogen and oxygen atoms in total. The zero-order valence-electron chi connectivity index (χ0n) is 9.76. The molecule has 0 aliphatic carbocycles. The lowest BCUT2D eigenvalue weighted by Gasteiger charge is -2.27. The van der Waals surface area contributed by atoms with Gasteiger partial charge in [-0.15, -0.1) is 0 Å². The highest BCUT2D eigenvalue weighted by atomic mass is 19.4. The summed E-state index contributed by atoms with van der Waals surface area (Å²) in [5, 5.41) is 0. The van der Waals surface area contributed by atoms with E-state index in [-0.39, 0.29) is 11.8 Å². The van der Waals surface area contributed by atoms with Gasteiger partial charge in [0, 0.05) is 12.3 Å². The second-order valence-corrected chi connectivity index (χ2v) is 4.81. The molecule has 0 bridgehead atoms. The molecular formula is C12H16F3NO. The van der Waals surface area contributed by atoms with Crippen molar-refractivity contribution < 1.29 is 17.9 Å². The summed E-state index contributed by atoms with van der Waals surface area (Å²) in [5.41, 5.74) is 1.03. The Morgan fingerprint density at radius 3 is 2.88 bits per heavy atom. The Morgan fingerprint density at radius 2 is 2.24 bits per heavy atom. The van der Waals surface area contributed by atoms with Gasteiger partial charge in [0.2, 0.25) is 0 Å². The number of nitrogens with zero attached hydrogens (tertiary/aromatic N) is 1. The van der Waals surface area contributed by atoms with Gasteiger partial charge in [-0.2, -0.15) is 13.2 Å². The van der Waals surface area contributed by atoms with Crippen LogP contribution in [0.15, 0.2) is 16.6 Å². The topological polar surface area (TPSA) is 21.6 Å². The van der Waals surface area contributed by atoms with Crippen LogP contribution in [0.4, 0.5) is 13.2 Å². The predicted octanol–water partition coefficient (Wildman–Crippen LogP) is 3.13. The Labute approximate surface area is 98.6 Å². The second-order valence-electron chi connectivity index (χ2n) is 4.81. The molecule has 2 aliphatic rings. The van der Waals surface area contributed by atoms with E-state index in [2.05, 4.69) is 11.9 Å². The van der Waals surface area contributed by atoms with Gasteiger partial charge >= 0.3 is 6.18 Å². The smallest absolute Gasteiger partial charge is 0.374 e. The zero-order chi connectivity index (χ0) is 12.5. The van der Waals surface area contributed by atoms with Crippen molar-refractivity contribution in [3.05, 3.63) is 11.6 Å². The number of aliphatic imine (C=N–C) groups is 1. The van der Waals surface area contributed by atoms with E-state index in [1.807, 2.05) is 0 Å². The van der Waals surface area contributed by atoms with Gasteiger partial charge in [-0.1, -0.05) is 6.92 Å². The van der Waals surface area contributed by atoms with Crippen molar-refractivity contribution in [2.24, 2.45) is 10.9 Å². The third-order valence-electron chi connectivity index (χ3n) is 3.16. The average molecular weight is 247 g/mol. The molecule has 0 aromatic rings. The molecule has 2 unspecified atom stereocenters. The lowest BCUT2D eigenvalue weighted by Crippen LogP contribution is -2.26. The number of hydrogen-bond donors (Lipinski definition) is 0. The molecule has 0 N–H and O–H groups in total. The lowest BCUT2D eigenvalue weighted by atomic mass is 9.93. The molecule has 2 heterocycles. The molecule has 5 heteroatoms. The number of halogens is 3. The highest BCUT2D eigenvalue weighted by Crippen LogP contribution is 2.28. The van der Waals surface area contributed by atoms with E-state index < -0.39 is 12.6 Å². The summed E-state index contributed by atoms with van der Waals surface area (Å²) in [5.74, 6) is 0.571. The lowest BCUT2D eigenvalue weighted by molar-refractivity contribution is -0.121. The van der Waals surface area contributed by atoms with Crippen molar-refractivity contribution in [1.29, 1.82) is 0 Å². The highest BCUT2D eigenvalue weighted by Gasteiger charge is 2.32. The van der Waals surface area contributed by atoms with Crippen LogP contribution in [0.1, 0.15) is 26.2 Å². The summed E-state index contributed by atoms with van der Waals surface area (Å²) in [6.07, 6.45) is -1.66. The zero-order valence-corrected chi connectivity index (χ0v) is 9.76. The average Bonchev–Trinajstić information content (AvgIpc) is 2.63. The fourth-order valence-electron chi connectivity index (χ4n) is 2.23. The van der Waals surface area contributed by atoms with Gasteiger partial charge in [-0.3, -0.25) is 4.99 Å². The summed E-state index contributed by atoms with van der Waals surface area (Å²) < 4.78 is 42.2. The summed E-state index contributed by atoms with van der Waals surface area (Å²) in [6, 6.07) is 0. The summed E-state index contributed by atoms with van der Waals surface area (Å²) in [7, 11) is 0. The minimum absolute atomic E-state index is 0.0340. The number of rotatable bonds is 2. The van der Waals surface area contributed by atoms with Gasteiger partial charge in [-0.05, 0) is 30.4 Å². The summed E-state index contributed by atoms with van der Waals surface area (Å²) in [6.45, 7) is 3.20. The number of hydrogen-bond acceptors (Lipinski definition) is 2. The quantitative estimate of drug-likeness (QED) is 0.734. The van der Waals surface area contributed by atoms with Crippen LogP contribution >= 0.6 is 0 Å². The van der Waals surface area contributed by atoms with Crippen LogP contribution in [0.2, 0.25) is 0 Å². The first-order valence-corrected chi connectivity index (χ1v) is 5.86. The van der Waals surface area contributed by atoms with Gasteiger partial charge in [0.25, 0.3) is 0 Å². The van der Waals surface area contributed by atoms with E-state index in [1.165, 1.54) is 0 Å². The van der Waals surface area contributed by atoms with Crippen LogP contribution < -0.4 is 0 Å². The third-order valence-corrected chi connectivity index (χ3v) is 3.16. The minimum Gasteiger partial charge on any atom is -0.374 e. The molecule has 0 aromatic carbocycles. The molecule has 96 valence electrons. The molecule has 0 saturated carbocycles. The first-order chi connectivity index (χ1) is 7.94. The molecule has 0 aromatic heterocycles. The van der Waals surface area contributed by atoms with E-state index in [0.717, 1.165) is 18.4 Å². The maximum Gasteiger partial charge on any atom is 0.394 e. The molecule has 1 saturated heterocycles. The van der Waals surface area contributed by atoms with E-state index in [4.69, 9.17) is 4.74 Å². The SMILES string of the molecule is CC1CCOC(C2=CC(CC(F)(F)F)=NC2)C1. The minimum atomic E-state index is -4.18. The molecule has 1 fully saturated rings. The fraction of sp³-hybridized carbons (Fsp3) is 0.750. The van der Waals surface area contributed by atoms with Gasteiger partial charge < -0.3 is 4.74 Å². The first-order valence-electron chi connectivity index (χ1n) is 5.86. The van der Waals surface area contributed by atoms with Gasteiger partial charge in [-0.25, -0.2) is 0 Å². The van der Waals surface area contributed by atoms with Crippen molar-refractivity contribution in [3.63, 3.8) is 0 Å². The van der Waals surface area contributed by atoms with E-state index >= 15 is 0 Å². The Kier molecular flexibility index (Phi) is 3.56. The Hall–Kier alpha value is -0.840. The first kappa shape index (κ1) is 12.6. The van der Waals surface area contributed by atoms with Crippen LogP contribution in [-0.2, 0) is 4.74 Å². The summed E-state index contributed by atoms with van der Waals surface area (Å²) in [4.78, 5) is 3.93. The number of ether oxygens (including phenoxy) is 1. The molecule has 2 atom stereocenters. The van der Waals surface area contributed by atoms with Crippen LogP contribution in [0.5, 0.6) is 0 Å².